The summed E-state index contributed by atoms with van der Waals surface area (Å²) in [4.78, 5) is 2.29. The van der Waals surface area contributed by atoms with Gasteiger partial charge in [0.15, 0.2) is 11.5 Å². The van der Waals surface area contributed by atoms with E-state index in [2.05, 4.69) is 32.7 Å². The van der Waals surface area contributed by atoms with Crippen LogP contribution < -0.4 is 15.2 Å². The van der Waals surface area contributed by atoms with Crippen molar-refractivity contribution in [2.24, 2.45) is 5.73 Å². The van der Waals surface area contributed by atoms with E-state index in [0.29, 0.717) is 23.1 Å². The van der Waals surface area contributed by atoms with Gasteiger partial charge in [-0.25, -0.2) is 0 Å². The van der Waals surface area contributed by atoms with Crippen LogP contribution in [-0.2, 0) is 0 Å². The molecular weight excluding hydrogens is 276 g/mol. The summed E-state index contributed by atoms with van der Waals surface area (Å²) in [7, 11) is 2.10. The molecule has 1 aromatic carbocycles. The molecule has 1 atom stereocenters. The van der Waals surface area contributed by atoms with E-state index in [1.165, 1.54) is 0 Å². The molecule has 0 aromatic heterocycles. The molecule has 2 rings (SSSR count). The molecule has 0 saturated carbocycles. The number of rotatable bonds is 5. The zero-order valence-corrected chi connectivity index (χ0v) is 13.3. The van der Waals surface area contributed by atoms with Crippen molar-refractivity contribution in [2.45, 2.75) is 38.8 Å². The second kappa shape index (κ2) is 5.80. The summed E-state index contributed by atoms with van der Waals surface area (Å²) in [6, 6.07) is 4.00. The maximum absolute atomic E-state index is 6.26. The summed E-state index contributed by atoms with van der Waals surface area (Å²) < 4.78 is 10.8. The minimum Gasteiger partial charge on any atom is -0.454 e. The van der Waals surface area contributed by atoms with E-state index >= 15 is 0 Å². The Morgan fingerprint density at radius 1 is 1.40 bits per heavy atom. The van der Waals surface area contributed by atoms with Gasteiger partial charge in [0.25, 0.3) is 0 Å². The lowest BCUT2D eigenvalue weighted by Crippen LogP contribution is -2.45. The number of nitrogens with two attached hydrogens (primary N) is 1. The zero-order chi connectivity index (χ0) is 14.9. The number of benzene rings is 1. The van der Waals surface area contributed by atoms with Gasteiger partial charge in [-0.1, -0.05) is 18.5 Å². The van der Waals surface area contributed by atoms with Crippen molar-refractivity contribution in [1.29, 1.82) is 0 Å². The van der Waals surface area contributed by atoms with Gasteiger partial charge in [0.2, 0.25) is 6.79 Å². The third kappa shape index (κ3) is 2.73. The molecule has 20 heavy (non-hydrogen) atoms. The number of hydrogen-bond donors (Lipinski definition) is 1. The van der Waals surface area contributed by atoms with Crippen molar-refractivity contribution in [3.05, 3.63) is 22.7 Å². The second-order valence-electron chi connectivity index (χ2n) is 5.76. The Hall–Kier alpha value is -0.970. The molecule has 1 aliphatic rings. The molecule has 1 aromatic rings. The SMILES string of the molecule is CCC(C)(C)N(C)C(CN)c1cc(Cl)c2c(c1)OCO2. The highest BCUT2D eigenvalue weighted by Gasteiger charge is 2.30. The summed E-state index contributed by atoms with van der Waals surface area (Å²) in [6.07, 6.45) is 1.04. The highest BCUT2D eigenvalue weighted by atomic mass is 35.5. The molecule has 0 spiro atoms. The van der Waals surface area contributed by atoms with Crippen molar-refractivity contribution >= 4 is 11.6 Å². The predicted molar refractivity (Wildman–Crippen MR) is 81.5 cm³/mol. The minimum absolute atomic E-state index is 0.0624. The van der Waals surface area contributed by atoms with E-state index in [0.717, 1.165) is 12.0 Å². The first-order valence-corrected chi connectivity index (χ1v) is 7.30. The Morgan fingerprint density at radius 3 is 2.70 bits per heavy atom. The van der Waals surface area contributed by atoms with Gasteiger partial charge in [-0.2, -0.15) is 0 Å². The van der Waals surface area contributed by atoms with Crippen molar-refractivity contribution in [3.8, 4) is 11.5 Å². The molecule has 5 heteroatoms. The van der Waals surface area contributed by atoms with Crippen LogP contribution in [0.4, 0.5) is 0 Å². The highest BCUT2D eigenvalue weighted by Crippen LogP contribution is 2.42. The monoisotopic (exact) mass is 298 g/mol. The van der Waals surface area contributed by atoms with Crippen LogP contribution in [0.15, 0.2) is 12.1 Å². The number of hydrogen-bond acceptors (Lipinski definition) is 4. The first-order chi connectivity index (χ1) is 9.40. The summed E-state index contributed by atoms with van der Waals surface area (Å²) in [5.74, 6) is 1.33. The highest BCUT2D eigenvalue weighted by molar-refractivity contribution is 6.32. The fourth-order valence-corrected chi connectivity index (χ4v) is 2.64. The number of ether oxygens (including phenoxy) is 2. The predicted octanol–water partition coefficient (Wildman–Crippen LogP) is 3.19. The van der Waals surface area contributed by atoms with Gasteiger partial charge >= 0.3 is 0 Å². The average Bonchev–Trinajstić information content (AvgIpc) is 2.88. The smallest absolute Gasteiger partial charge is 0.231 e. The molecule has 1 heterocycles. The summed E-state index contributed by atoms with van der Waals surface area (Å²) in [5.41, 5.74) is 7.12. The first-order valence-electron chi connectivity index (χ1n) is 6.92. The van der Waals surface area contributed by atoms with E-state index < -0.39 is 0 Å². The van der Waals surface area contributed by atoms with Gasteiger partial charge in [0, 0.05) is 18.1 Å². The van der Waals surface area contributed by atoms with Crippen molar-refractivity contribution in [2.75, 3.05) is 20.4 Å². The first kappa shape index (κ1) is 15.4. The van der Waals surface area contributed by atoms with Crippen LogP contribution in [0.5, 0.6) is 11.5 Å². The number of halogens is 1. The van der Waals surface area contributed by atoms with Crippen molar-refractivity contribution in [1.82, 2.24) is 4.90 Å². The van der Waals surface area contributed by atoms with Gasteiger partial charge in [-0.3, -0.25) is 4.90 Å². The van der Waals surface area contributed by atoms with Crippen molar-refractivity contribution in [3.63, 3.8) is 0 Å². The lowest BCUT2D eigenvalue weighted by molar-refractivity contribution is 0.100. The van der Waals surface area contributed by atoms with Gasteiger partial charge < -0.3 is 15.2 Å². The zero-order valence-electron chi connectivity index (χ0n) is 12.6. The van der Waals surface area contributed by atoms with Crippen LogP contribution in [0.3, 0.4) is 0 Å². The fraction of sp³-hybridized carbons (Fsp3) is 0.600. The largest absolute Gasteiger partial charge is 0.454 e. The molecule has 4 nitrogen and oxygen atoms in total. The third-order valence-electron chi connectivity index (χ3n) is 4.35. The molecule has 0 saturated heterocycles. The normalized spacial score (nSPS) is 15.8. The molecule has 2 N–H and O–H groups in total. The maximum atomic E-state index is 6.26. The van der Waals surface area contributed by atoms with Gasteiger partial charge in [-0.15, -0.1) is 0 Å². The lowest BCUT2D eigenvalue weighted by atomic mass is 9.94. The van der Waals surface area contributed by atoms with E-state index in [1.54, 1.807) is 0 Å². The van der Waals surface area contributed by atoms with Crippen LogP contribution in [0.25, 0.3) is 0 Å². The van der Waals surface area contributed by atoms with Crippen LogP contribution >= 0.6 is 11.6 Å². The quantitative estimate of drug-likeness (QED) is 0.907. The molecule has 112 valence electrons. The van der Waals surface area contributed by atoms with E-state index in [-0.39, 0.29) is 18.4 Å². The lowest BCUT2D eigenvalue weighted by Gasteiger charge is -2.40. The Bertz CT molecular complexity index is 491. The van der Waals surface area contributed by atoms with Crippen LogP contribution in [-0.4, -0.2) is 30.8 Å². The third-order valence-corrected chi connectivity index (χ3v) is 4.63. The minimum atomic E-state index is 0.0624. The molecule has 0 aliphatic carbocycles. The Morgan fingerprint density at radius 2 is 2.10 bits per heavy atom. The van der Waals surface area contributed by atoms with E-state index in [1.807, 2.05) is 12.1 Å². The van der Waals surface area contributed by atoms with Crippen LogP contribution in [0, 0.1) is 0 Å². The van der Waals surface area contributed by atoms with Gasteiger partial charge in [0.05, 0.1) is 5.02 Å². The number of nitrogens with zero attached hydrogens (tertiary/aromatic N) is 1. The molecule has 0 fully saturated rings. The molecule has 0 amide bonds. The molecule has 0 radical (unpaired) electrons. The van der Waals surface area contributed by atoms with Gasteiger partial charge in [-0.05, 0) is 45.0 Å². The Labute approximate surface area is 125 Å². The Kier molecular flexibility index (Phi) is 4.47. The number of fused-ring (bicyclic) bond motifs is 1. The van der Waals surface area contributed by atoms with Gasteiger partial charge in [0.1, 0.15) is 0 Å². The molecule has 0 bridgehead atoms. The Balaban J connectivity index is 2.35. The van der Waals surface area contributed by atoms with E-state index in [4.69, 9.17) is 26.8 Å². The molecule has 1 aliphatic heterocycles. The fourth-order valence-electron chi connectivity index (χ4n) is 2.37. The topological polar surface area (TPSA) is 47.7 Å². The van der Waals surface area contributed by atoms with Crippen molar-refractivity contribution < 1.29 is 9.47 Å². The maximum Gasteiger partial charge on any atom is 0.231 e. The standard InChI is InChI=1S/C15H23ClN2O2/c1-5-15(2,3)18(4)12(8-17)10-6-11(16)14-13(7-10)19-9-20-14/h6-7,12H,5,8-9,17H2,1-4H3. The van der Waals surface area contributed by atoms with E-state index in [9.17, 15) is 0 Å². The summed E-state index contributed by atoms with van der Waals surface area (Å²) >= 11 is 6.26. The molecule has 1 unspecified atom stereocenters. The average molecular weight is 299 g/mol. The molecular formula is C15H23ClN2O2. The number of likely N-dealkylation sites (N-methyl/N-ethyl adjacent to an activating group) is 1. The summed E-state index contributed by atoms with van der Waals surface area (Å²) in [6.45, 7) is 7.35. The second-order valence-corrected chi connectivity index (χ2v) is 6.17. The summed E-state index contributed by atoms with van der Waals surface area (Å²) in [5, 5.41) is 0.580. The van der Waals surface area contributed by atoms with Crippen LogP contribution in [0.2, 0.25) is 5.02 Å². The van der Waals surface area contributed by atoms with Crippen LogP contribution in [0.1, 0.15) is 38.8 Å².